The lowest BCUT2D eigenvalue weighted by Gasteiger charge is -2.31. The van der Waals surface area contributed by atoms with Crippen LogP contribution in [0.5, 0.6) is 0 Å². The molecule has 0 saturated heterocycles. The Kier molecular flexibility index (Phi) is 3.87. The summed E-state index contributed by atoms with van der Waals surface area (Å²) in [7, 11) is 1.86. The molecule has 0 N–H and O–H groups in total. The van der Waals surface area contributed by atoms with Gasteiger partial charge < -0.3 is 4.90 Å². The normalized spacial score (nSPS) is 19.9. The van der Waals surface area contributed by atoms with Crippen molar-refractivity contribution in [2.24, 2.45) is 0 Å². The molecule has 1 atom stereocenters. The topological polar surface area (TPSA) is 44.1 Å². The zero-order valence-corrected chi connectivity index (χ0v) is 14.6. The van der Waals surface area contributed by atoms with Crippen molar-refractivity contribution < 1.29 is 4.79 Å². The van der Waals surface area contributed by atoms with Crippen LogP contribution in [0.2, 0.25) is 0 Å². The number of carbonyl (C=O) groups excluding carboxylic acids is 1. The minimum Gasteiger partial charge on any atom is -0.342 e. The second-order valence-electron chi connectivity index (χ2n) is 6.18. The molecule has 0 spiro atoms. The average Bonchev–Trinajstić information content (AvgIpc) is 3.15. The van der Waals surface area contributed by atoms with Gasteiger partial charge in [0.1, 0.15) is 17.5 Å². The molecule has 2 aliphatic rings. The number of Topliss-reactive ketones (excluding diaryl/α,β-unsaturated/α-hetero) is 1. The molecular formula is C21H16N2OS. The highest BCUT2D eigenvalue weighted by Gasteiger charge is 2.33. The van der Waals surface area contributed by atoms with Gasteiger partial charge in [-0.05, 0) is 28.2 Å². The molecule has 0 saturated carbocycles. The van der Waals surface area contributed by atoms with E-state index in [1.165, 1.54) is 0 Å². The van der Waals surface area contributed by atoms with Gasteiger partial charge in [-0.25, -0.2) is 0 Å². The lowest BCUT2D eigenvalue weighted by Crippen LogP contribution is -2.24. The molecule has 2 aromatic rings. The van der Waals surface area contributed by atoms with E-state index in [1.54, 1.807) is 11.3 Å². The van der Waals surface area contributed by atoms with Gasteiger partial charge in [-0.1, -0.05) is 42.5 Å². The Labute approximate surface area is 150 Å². The first-order chi connectivity index (χ1) is 12.2. The molecule has 1 aromatic heterocycles. The fourth-order valence-electron chi connectivity index (χ4n) is 3.46. The van der Waals surface area contributed by atoms with E-state index in [-0.39, 0.29) is 11.7 Å². The maximum atomic E-state index is 12.7. The number of hydrogen-bond donors (Lipinski definition) is 0. The van der Waals surface area contributed by atoms with Crippen molar-refractivity contribution in [1.29, 1.82) is 5.26 Å². The highest BCUT2D eigenvalue weighted by atomic mass is 32.1. The third-order valence-electron chi connectivity index (χ3n) is 4.62. The lowest BCUT2D eigenvalue weighted by atomic mass is 9.78. The molecule has 0 radical (unpaired) electrons. The molecule has 0 bridgehead atoms. The van der Waals surface area contributed by atoms with Crippen LogP contribution in [0.15, 0.2) is 77.0 Å². The first-order valence-corrected chi connectivity index (χ1v) is 8.99. The number of rotatable bonds is 2. The van der Waals surface area contributed by atoms with Crippen LogP contribution in [0, 0.1) is 11.3 Å². The predicted molar refractivity (Wildman–Crippen MR) is 99.6 cm³/mol. The third-order valence-corrected chi connectivity index (χ3v) is 5.57. The van der Waals surface area contributed by atoms with E-state index in [1.807, 2.05) is 72.1 Å². The van der Waals surface area contributed by atoms with E-state index < -0.39 is 0 Å². The van der Waals surface area contributed by atoms with Gasteiger partial charge in [0.25, 0.3) is 0 Å². The van der Waals surface area contributed by atoms with Crippen molar-refractivity contribution in [2.75, 3.05) is 7.05 Å². The van der Waals surface area contributed by atoms with Crippen LogP contribution < -0.4 is 0 Å². The summed E-state index contributed by atoms with van der Waals surface area (Å²) in [6.07, 6.45) is 4.35. The van der Waals surface area contributed by atoms with Gasteiger partial charge in [0.15, 0.2) is 0 Å². The molecule has 4 rings (SSSR count). The van der Waals surface area contributed by atoms with Crippen molar-refractivity contribution >= 4 is 22.7 Å². The zero-order chi connectivity index (χ0) is 17.4. The smallest absolute Gasteiger partial charge is 0.149 e. The van der Waals surface area contributed by atoms with Gasteiger partial charge in [-0.3, -0.25) is 4.79 Å². The van der Waals surface area contributed by atoms with Crippen molar-refractivity contribution in [3.05, 3.63) is 87.4 Å². The van der Waals surface area contributed by atoms with Gasteiger partial charge in [-0.15, -0.1) is 11.3 Å². The van der Waals surface area contributed by atoms with Crippen LogP contribution in [-0.2, 0) is 4.79 Å². The Morgan fingerprint density at radius 1 is 1.20 bits per heavy atom. The lowest BCUT2D eigenvalue weighted by molar-refractivity contribution is -0.119. The summed E-state index contributed by atoms with van der Waals surface area (Å²) in [6, 6.07) is 16.3. The molecule has 1 aliphatic heterocycles. The Balaban J connectivity index is 1.92. The van der Waals surface area contributed by atoms with Gasteiger partial charge in [0.05, 0.1) is 5.92 Å². The number of thiophene rings is 1. The quantitative estimate of drug-likeness (QED) is 0.806. The maximum Gasteiger partial charge on any atom is 0.149 e. The van der Waals surface area contributed by atoms with Crippen LogP contribution in [-0.4, -0.2) is 17.7 Å². The van der Waals surface area contributed by atoms with Gasteiger partial charge in [0.2, 0.25) is 0 Å². The molecule has 3 nitrogen and oxygen atoms in total. The molecule has 1 aromatic carbocycles. The highest BCUT2D eigenvalue weighted by molar-refractivity contribution is 7.10. The summed E-state index contributed by atoms with van der Waals surface area (Å²) in [5.74, 6) is -0.0205. The predicted octanol–water partition coefficient (Wildman–Crippen LogP) is 4.50. The summed E-state index contributed by atoms with van der Waals surface area (Å²) in [5, 5.41) is 11.7. The Hall–Kier alpha value is -2.90. The summed E-state index contributed by atoms with van der Waals surface area (Å²) >= 11 is 1.60. The SMILES string of the molecule is CN1C=C2CC(=O)C(c3cccs3)C=C2C(c2ccccc2)=C1C#N. The molecule has 1 unspecified atom stereocenters. The number of carbonyl (C=O) groups is 1. The van der Waals surface area contributed by atoms with Gasteiger partial charge in [0, 0.05) is 30.1 Å². The monoisotopic (exact) mass is 344 g/mol. The largest absolute Gasteiger partial charge is 0.342 e. The molecule has 25 heavy (non-hydrogen) atoms. The first kappa shape index (κ1) is 15.6. The summed E-state index contributed by atoms with van der Waals surface area (Å²) in [4.78, 5) is 15.6. The third kappa shape index (κ3) is 2.63. The molecule has 2 heterocycles. The Bertz CT molecular complexity index is 959. The van der Waals surface area contributed by atoms with Crippen LogP contribution in [0.4, 0.5) is 0 Å². The molecule has 4 heteroatoms. The molecule has 0 fully saturated rings. The maximum absolute atomic E-state index is 12.7. The molecule has 0 amide bonds. The van der Waals surface area contributed by atoms with Crippen LogP contribution >= 0.6 is 11.3 Å². The minimum absolute atomic E-state index is 0.207. The van der Waals surface area contributed by atoms with Crippen molar-refractivity contribution in [3.8, 4) is 6.07 Å². The van der Waals surface area contributed by atoms with Crippen LogP contribution in [0.1, 0.15) is 22.8 Å². The van der Waals surface area contributed by atoms with Crippen molar-refractivity contribution in [1.82, 2.24) is 4.90 Å². The van der Waals surface area contributed by atoms with Crippen molar-refractivity contribution in [2.45, 2.75) is 12.3 Å². The second-order valence-corrected chi connectivity index (χ2v) is 7.16. The average molecular weight is 344 g/mol. The standard InChI is InChI=1S/C21H16N2OS/c1-23-13-15-10-19(24)17(20-8-5-9-25-20)11-16(15)21(18(23)12-22)14-6-3-2-4-7-14/h2-9,11,13,17H,10H2,1H3. The van der Waals surface area contributed by atoms with E-state index in [0.717, 1.165) is 27.2 Å². The number of fused-ring (bicyclic) bond motifs is 1. The van der Waals surface area contributed by atoms with E-state index in [2.05, 4.69) is 6.07 Å². The fourth-order valence-corrected chi connectivity index (χ4v) is 4.28. The molecular weight excluding hydrogens is 328 g/mol. The fraction of sp³-hybridized carbons (Fsp3) is 0.143. The second kappa shape index (κ2) is 6.19. The Morgan fingerprint density at radius 3 is 2.68 bits per heavy atom. The van der Waals surface area contributed by atoms with E-state index >= 15 is 0 Å². The van der Waals surface area contributed by atoms with E-state index in [4.69, 9.17) is 0 Å². The van der Waals surface area contributed by atoms with Gasteiger partial charge in [-0.2, -0.15) is 5.26 Å². The van der Waals surface area contributed by atoms with E-state index in [9.17, 15) is 10.1 Å². The molecule has 1 aliphatic carbocycles. The summed E-state index contributed by atoms with van der Waals surface area (Å²) < 4.78 is 0. The zero-order valence-electron chi connectivity index (χ0n) is 13.8. The number of allylic oxidation sites excluding steroid dienone is 5. The number of nitriles is 1. The summed E-state index contributed by atoms with van der Waals surface area (Å²) in [5.41, 5.74) is 4.52. The number of nitrogens with zero attached hydrogens (tertiary/aromatic N) is 2. The number of ketones is 1. The van der Waals surface area contributed by atoms with Crippen LogP contribution in [0.25, 0.3) is 5.57 Å². The van der Waals surface area contributed by atoms with E-state index in [0.29, 0.717) is 12.1 Å². The highest BCUT2D eigenvalue weighted by Crippen LogP contribution is 2.43. The van der Waals surface area contributed by atoms with Crippen molar-refractivity contribution in [3.63, 3.8) is 0 Å². The number of benzene rings is 1. The summed E-state index contributed by atoms with van der Waals surface area (Å²) in [6.45, 7) is 0. The number of hydrogen-bond acceptors (Lipinski definition) is 4. The molecule has 122 valence electrons. The minimum atomic E-state index is -0.228. The first-order valence-electron chi connectivity index (χ1n) is 8.11. The van der Waals surface area contributed by atoms with Crippen LogP contribution in [0.3, 0.4) is 0 Å². The Morgan fingerprint density at radius 2 is 2.00 bits per heavy atom. The van der Waals surface area contributed by atoms with Gasteiger partial charge >= 0.3 is 0 Å².